The Morgan fingerprint density at radius 1 is 1.15 bits per heavy atom. The average Bonchev–Trinajstić information content (AvgIpc) is 3.22. The molecule has 3 rings (SSSR count). The van der Waals surface area contributed by atoms with Gasteiger partial charge in [0.1, 0.15) is 0 Å². The molecule has 0 aromatic heterocycles. The van der Waals surface area contributed by atoms with Crippen LogP contribution in [0, 0.1) is 17.8 Å². The van der Waals surface area contributed by atoms with Crippen molar-refractivity contribution in [1.29, 1.82) is 0 Å². The molecular weight excluding hydrogens is 254 g/mol. The number of imide groups is 1. The maximum atomic E-state index is 12.5. The van der Waals surface area contributed by atoms with Crippen LogP contribution in [-0.2, 0) is 14.3 Å². The summed E-state index contributed by atoms with van der Waals surface area (Å²) in [6.07, 6.45) is 6.58. The number of rotatable bonds is 5. The van der Waals surface area contributed by atoms with Crippen LogP contribution in [0.3, 0.4) is 0 Å². The molecule has 20 heavy (non-hydrogen) atoms. The summed E-state index contributed by atoms with van der Waals surface area (Å²) in [6, 6.07) is 0. The van der Waals surface area contributed by atoms with Crippen molar-refractivity contribution < 1.29 is 14.3 Å². The predicted octanol–water partition coefficient (Wildman–Crippen LogP) is 2.37. The van der Waals surface area contributed by atoms with E-state index in [-0.39, 0.29) is 29.8 Å². The molecule has 2 amide bonds. The lowest BCUT2D eigenvalue weighted by Gasteiger charge is -2.20. The van der Waals surface area contributed by atoms with Crippen molar-refractivity contribution in [2.75, 3.05) is 6.54 Å². The fourth-order valence-corrected chi connectivity index (χ4v) is 4.01. The van der Waals surface area contributed by atoms with E-state index in [0.717, 1.165) is 38.5 Å². The molecule has 0 aromatic carbocycles. The van der Waals surface area contributed by atoms with E-state index in [9.17, 15) is 9.59 Å². The number of nitrogens with zero attached hydrogens (tertiary/aromatic N) is 1. The van der Waals surface area contributed by atoms with Crippen LogP contribution in [0.5, 0.6) is 0 Å². The number of carbonyl (C=O) groups is 2. The highest BCUT2D eigenvalue weighted by atomic mass is 16.6. The average molecular weight is 279 g/mol. The lowest BCUT2D eigenvalue weighted by molar-refractivity contribution is -0.140. The molecule has 1 saturated carbocycles. The van der Waals surface area contributed by atoms with Crippen molar-refractivity contribution in [1.82, 2.24) is 4.90 Å². The highest BCUT2D eigenvalue weighted by molar-refractivity contribution is 6.05. The SMILES string of the molecule is CCC(CN1C(=O)C2CCCCC2C1=O)C1OC1CC. The molecular formula is C16H25NO3. The monoisotopic (exact) mass is 279 g/mol. The second-order valence-electron chi connectivity index (χ2n) is 6.50. The summed E-state index contributed by atoms with van der Waals surface area (Å²) in [4.78, 5) is 26.5. The van der Waals surface area contributed by atoms with Gasteiger partial charge < -0.3 is 4.74 Å². The first-order valence-corrected chi connectivity index (χ1v) is 8.18. The molecule has 5 unspecified atom stereocenters. The van der Waals surface area contributed by atoms with Crippen LogP contribution in [0.2, 0.25) is 0 Å². The second kappa shape index (κ2) is 5.47. The Morgan fingerprint density at radius 2 is 1.75 bits per heavy atom. The van der Waals surface area contributed by atoms with Gasteiger partial charge in [0.2, 0.25) is 11.8 Å². The van der Waals surface area contributed by atoms with Gasteiger partial charge in [0.15, 0.2) is 0 Å². The fraction of sp³-hybridized carbons (Fsp3) is 0.875. The summed E-state index contributed by atoms with van der Waals surface area (Å²) in [5, 5.41) is 0. The third-order valence-corrected chi connectivity index (χ3v) is 5.36. The number of ether oxygens (including phenoxy) is 1. The molecule has 4 heteroatoms. The summed E-state index contributed by atoms with van der Waals surface area (Å²) in [5.74, 6) is 0.457. The molecule has 1 aliphatic carbocycles. The molecule has 3 aliphatic rings. The maximum Gasteiger partial charge on any atom is 0.233 e. The predicted molar refractivity (Wildman–Crippen MR) is 74.9 cm³/mol. The minimum Gasteiger partial charge on any atom is -0.369 e. The minimum atomic E-state index is -0.0177. The number of hydrogen-bond acceptors (Lipinski definition) is 3. The zero-order valence-corrected chi connectivity index (χ0v) is 12.5. The highest BCUT2D eigenvalue weighted by Gasteiger charge is 2.50. The van der Waals surface area contributed by atoms with Gasteiger partial charge in [-0.2, -0.15) is 0 Å². The first kappa shape index (κ1) is 14.1. The van der Waals surface area contributed by atoms with Gasteiger partial charge in [-0.25, -0.2) is 0 Å². The Kier molecular flexibility index (Phi) is 3.85. The van der Waals surface area contributed by atoms with Crippen molar-refractivity contribution in [2.45, 2.75) is 64.6 Å². The summed E-state index contributed by atoms with van der Waals surface area (Å²) >= 11 is 0. The molecule has 0 bridgehead atoms. The van der Waals surface area contributed by atoms with Crippen LogP contribution in [0.15, 0.2) is 0 Å². The minimum absolute atomic E-state index is 0.0177. The molecule has 2 saturated heterocycles. The molecule has 0 radical (unpaired) electrons. The molecule has 3 fully saturated rings. The highest BCUT2D eigenvalue weighted by Crippen LogP contribution is 2.40. The van der Waals surface area contributed by atoms with Crippen molar-refractivity contribution in [3.05, 3.63) is 0 Å². The summed E-state index contributed by atoms with van der Waals surface area (Å²) in [7, 11) is 0. The van der Waals surface area contributed by atoms with Crippen LogP contribution in [-0.4, -0.2) is 35.5 Å². The van der Waals surface area contributed by atoms with Gasteiger partial charge in [-0.15, -0.1) is 0 Å². The maximum absolute atomic E-state index is 12.5. The third kappa shape index (κ3) is 2.28. The number of fused-ring (bicyclic) bond motifs is 1. The normalized spacial score (nSPS) is 38.0. The molecule has 0 spiro atoms. The Morgan fingerprint density at radius 3 is 2.20 bits per heavy atom. The van der Waals surface area contributed by atoms with Gasteiger partial charge in [0.05, 0.1) is 24.0 Å². The van der Waals surface area contributed by atoms with Crippen LogP contribution in [0.4, 0.5) is 0 Å². The molecule has 2 aliphatic heterocycles. The van der Waals surface area contributed by atoms with Crippen molar-refractivity contribution >= 4 is 11.8 Å². The Labute approximate surface area is 120 Å². The number of amides is 2. The van der Waals surface area contributed by atoms with Gasteiger partial charge in [-0.1, -0.05) is 26.7 Å². The summed E-state index contributed by atoms with van der Waals surface area (Å²) in [5.41, 5.74) is 0. The van der Waals surface area contributed by atoms with E-state index in [0.29, 0.717) is 18.6 Å². The molecule has 2 heterocycles. The standard InChI is InChI=1S/C16H25NO3/c1-3-10(14-13(4-2)20-14)9-17-15(18)11-7-5-6-8-12(11)16(17)19/h10-14H,3-9H2,1-2H3. The Balaban J connectivity index is 1.67. The lowest BCUT2D eigenvalue weighted by atomic mass is 9.81. The van der Waals surface area contributed by atoms with E-state index in [4.69, 9.17) is 4.74 Å². The molecule has 0 N–H and O–H groups in total. The first-order chi connectivity index (χ1) is 9.67. The quantitative estimate of drug-likeness (QED) is 0.573. The largest absolute Gasteiger partial charge is 0.369 e. The number of carbonyl (C=O) groups excluding carboxylic acids is 2. The molecule has 112 valence electrons. The van der Waals surface area contributed by atoms with Crippen LogP contribution >= 0.6 is 0 Å². The van der Waals surface area contributed by atoms with Gasteiger partial charge >= 0.3 is 0 Å². The zero-order valence-electron chi connectivity index (χ0n) is 12.5. The molecule has 0 aromatic rings. The number of epoxide rings is 1. The topological polar surface area (TPSA) is 49.9 Å². The van der Waals surface area contributed by atoms with Crippen LogP contribution in [0.25, 0.3) is 0 Å². The van der Waals surface area contributed by atoms with E-state index in [2.05, 4.69) is 13.8 Å². The first-order valence-electron chi connectivity index (χ1n) is 8.18. The summed E-state index contributed by atoms with van der Waals surface area (Å²) in [6.45, 7) is 4.82. The third-order valence-electron chi connectivity index (χ3n) is 5.36. The van der Waals surface area contributed by atoms with E-state index >= 15 is 0 Å². The van der Waals surface area contributed by atoms with E-state index < -0.39 is 0 Å². The van der Waals surface area contributed by atoms with Crippen LogP contribution in [0.1, 0.15) is 52.4 Å². The van der Waals surface area contributed by atoms with Crippen LogP contribution < -0.4 is 0 Å². The number of likely N-dealkylation sites (tertiary alicyclic amines) is 1. The number of hydrogen-bond donors (Lipinski definition) is 0. The van der Waals surface area contributed by atoms with Gasteiger partial charge in [-0.05, 0) is 25.7 Å². The van der Waals surface area contributed by atoms with Crippen molar-refractivity contribution in [3.8, 4) is 0 Å². The smallest absolute Gasteiger partial charge is 0.233 e. The molecule has 4 nitrogen and oxygen atoms in total. The van der Waals surface area contributed by atoms with Crippen molar-refractivity contribution in [2.24, 2.45) is 17.8 Å². The van der Waals surface area contributed by atoms with E-state index in [1.165, 1.54) is 0 Å². The lowest BCUT2D eigenvalue weighted by Crippen LogP contribution is -2.37. The zero-order chi connectivity index (χ0) is 14.3. The Hall–Kier alpha value is -0.900. The van der Waals surface area contributed by atoms with Gasteiger partial charge in [0, 0.05) is 12.5 Å². The molecule has 5 atom stereocenters. The fourth-order valence-electron chi connectivity index (χ4n) is 4.01. The Bertz CT molecular complexity index is 385. The summed E-state index contributed by atoms with van der Waals surface area (Å²) < 4.78 is 5.67. The van der Waals surface area contributed by atoms with E-state index in [1.54, 1.807) is 4.90 Å². The van der Waals surface area contributed by atoms with Gasteiger partial charge in [-0.3, -0.25) is 14.5 Å². The second-order valence-corrected chi connectivity index (χ2v) is 6.50. The van der Waals surface area contributed by atoms with Gasteiger partial charge in [0.25, 0.3) is 0 Å². The van der Waals surface area contributed by atoms with Crippen molar-refractivity contribution in [3.63, 3.8) is 0 Å². The van der Waals surface area contributed by atoms with E-state index in [1.807, 2.05) is 0 Å².